The summed E-state index contributed by atoms with van der Waals surface area (Å²) in [6.45, 7) is 6.30. The Balaban J connectivity index is 1.25. The molecule has 5 rings (SSSR count). The van der Waals surface area contributed by atoms with Crippen LogP contribution in [0.25, 0.3) is 10.9 Å². The summed E-state index contributed by atoms with van der Waals surface area (Å²) >= 11 is 0. The van der Waals surface area contributed by atoms with Crippen LogP contribution in [0.5, 0.6) is 0 Å². The average Bonchev–Trinajstić information content (AvgIpc) is 2.80. The van der Waals surface area contributed by atoms with Crippen LogP contribution in [0.2, 0.25) is 0 Å². The van der Waals surface area contributed by atoms with Crippen LogP contribution >= 0.6 is 0 Å². The van der Waals surface area contributed by atoms with Crippen molar-refractivity contribution in [2.24, 2.45) is 0 Å². The number of pyridine rings is 2. The summed E-state index contributed by atoms with van der Waals surface area (Å²) in [6.07, 6.45) is 3.76. The van der Waals surface area contributed by atoms with Crippen molar-refractivity contribution in [3.8, 4) is 0 Å². The number of anilines is 2. The second kappa shape index (κ2) is 8.69. The van der Waals surface area contributed by atoms with E-state index in [9.17, 15) is 4.79 Å². The molecule has 0 spiro atoms. The molecule has 7 nitrogen and oxygen atoms in total. The quantitative estimate of drug-likeness (QED) is 0.663. The molecule has 1 fully saturated rings. The van der Waals surface area contributed by atoms with E-state index in [0.29, 0.717) is 6.61 Å². The smallest absolute Gasteiger partial charge is 0.253 e. The minimum Gasteiger partial charge on any atom is -0.384 e. The Morgan fingerprint density at radius 3 is 2.71 bits per heavy atom. The predicted molar refractivity (Wildman–Crippen MR) is 124 cm³/mol. The third-order valence-electron chi connectivity index (χ3n) is 6.31. The van der Waals surface area contributed by atoms with E-state index < -0.39 is 0 Å². The summed E-state index contributed by atoms with van der Waals surface area (Å²) in [6, 6.07) is 10.6. The van der Waals surface area contributed by atoms with Crippen LogP contribution in [0.15, 0.2) is 41.3 Å². The number of aromatic nitrogens is 2. The number of nitrogens with one attached hydrogen (secondary N) is 2. The van der Waals surface area contributed by atoms with Gasteiger partial charge in [0.25, 0.3) is 5.56 Å². The third-order valence-corrected chi connectivity index (χ3v) is 6.31. The minimum absolute atomic E-state index is 0.0458. The SMILES string of the molecule is COCc1ccc(N2CCN(Cc3ccc4c5c(c(=O)[nH]c4c3)CCCN5)CC2)nc1. The van der Waals surface area contributed by atoms with Gasteiger partial charge in [-0.3, -0.25) is 9.69 Å². The van der Waals surface area contributed by atoms with Gasteiger partial charge >= 0.3 is 0 Å². The van der Waals surface area contributed by atoms with E-state index in [4.69, 9.17) is 4.74 Å². The Hall–Kier alpha value is -2.90. The Morgan fingerprint density at radius 2 is 1.94 bits per heavy atom. The summed E-state index contributed by atoms with van der Waals surface area (Å²) < 4.78 is 5.16. The van der Waals surface area contributed by atoms with Gasteiger partial charge in [0, 0.05) is 63.5 Å². The zero-order valence-electron chi connectivity index (χ0n) is 18.0. The molecule has 1 aromatic carbocycles. The fraction of sp³-hybridized carbons (Fsp3) is 0.417. The van der Waals surface area contributed by atoms with Crippen molar-refractivity contribution in [3.63, 3.8) is 0 Å². The largest absolute Gasteiger partial charge is 0.384 e. The topological polar surface area (TPSA) is 73.5 Å². The van der Waals surface area contributed by atoms with Crippen molar-refractivity contribution in [2.45, 2.75) is 26.0 Å². The normalized spacial score (nSPS) is 16.9. The van der Waals surface area contributed by atoms with Crippen LogP contribution < -0.4 is 15.8 Å². The fourth-order valence-electron chi connectivity index (χ4n) is 4.65. The van der Waals surface area contributed by atoms with E-state index in [2.05, 4.69) is 55.4 Å². The number of benzene rings is 1. The van der Waals surface area contributed by atoms with Crippen LogP contribution in [0.1, 0.15) is 23.1 Å². The highest BCUT2D eigenvalue weighted by atomic mass is 16.5. The van der Waals surface area contributed by atoms with Crippen molar-refractivity contribution in [3.05, 3.63) is 63.6 Å². The van der Waals surface area contributed by atoms with Crippen LogP contribution in [0.4, 0.5) is 11.5 Å². The Labute approximate surface area is 182 Å². The van der Waals surface area contributed by atoms with E-state index in [-0.39, 0.29) is 5.56 Å². The Kier molecular flexibility index (Phi) is 5.61. The summed E-state index contributed by atoms with van der Waals surface area (Å²) in [4.78, 5) is 25.0. The van der Waals surface area contributed by atoms with E-state index in [1.54, 1.807) is 7.11 Å². The summed E-state index contributed by atoms with van der Waals surface area (Å²) in [5.74, 6) is 1.03. The first-order valence-electron chi connectivity index (χ1n) is 11.0. The molecule has 2 aromatic heterocycles. The lowest BCUT2D eigenvalue weighted by Gasteiger charge is -2.35. The molecule has 0 unspecified atom stereocenters. The van der Waals surface area contributed by atoms with Gasteiger partial charge in [0.2, 0.25) is 0 Å². The van der Waals surface area contributed by atoms with Crippen molar-refractivity contribution in [1.82, 2.24) is 14.9 Å². The molecule has 162 valence electrons. The Morgan fingerprint density at radius 1 is 1.10 bits per heavy atom. The van der Waals surface area contributed by atoms with Gasteiger partial charge in [0.1, 0.15) is 5.82 Å². The lowest BCUT2D eigenvalue weighted by molar-refractivity contribution is 0.184. The van der Waals surface area contributed by atoms with E-state index in [1.165, 1.54) is 5.56 Å². The second-order valence-electron chi connectivity index (χ2n) is 8.44. The number of piperazine rings is 1. The highest BCUT2D eigenvalue weighted by molar-refractivity contribution is 5.93. The fourth-order valence-corrected chi connectivity index (χ4v) is 4.65. The highest BCUT2D eigenvalue weighted by Gasteiger charge is 2.19. The minimum atomic E-state index is 0.0458. The number of fused-ring (bicyclic) bond motifs is 3. The third kappa shape index (κ3) is 4.16. The first kappa shape index (κ1) is 20.0. The highest BCUT2D eigenvalue weighted by Crippen LogP contribution is 2.28. The summed E-state index contributed by atoms with van der Waals surface area (Å²) in [7, 11) is 1.70. The lowest BCUT2D eigenvalue weighted by Crippen LogP contribution is -2.46. The molecule has 0 radical (unpaired) electrons. The van der Waals surface area contributed by atoms with Crippen LogP contribution in [-0.4, -0.2) is 54.7 Å². The van der Waals surface area contributed by atoms with Crippen LogP contribution in [0, 0.1) is 0 Å². The van der Waals surface area contributed by atoms with E-state index >= 15 is 0 Å². The van der Waals surface area contributed by atoms with Gasteiger partial charge in [-0.25, -0.2) is 4.98 Å². The van der Waals surface area contributed by atoms with Crippen LogP contribution in [0.3, 0.4) is 0 Å². The monoisotopic (exact) mass is 419 g/mol. The number of rotatable bonds is 5. The number of aromatic amines is 1. The predicted octanol–water partition coefficient (Wildman–Crippen LogP) is 2.75. The molecule has 2 aliphatic rings. The molecule has 1 saturated heterocycles. The molecule has 31 heavy (non-hydrogen) atoms. The first-order chi connectivity index (χ1) is 15.2. The van der Waals surface area contributed by atoms with Crippen molar-refractivity contribution >= 4 is 22.4 Å². The first-order valence-corrected chi connectivity index (χ1v) is 11.0. The van der Waals surface area contributed by atoms with Gasteiger partial charge in [-0.2, -0.15) is 0 Å². The van der Waals surface area contributed by atoms with Gasteiger partial charge in [-0.15, -0.1) is 0 Å². The maximum atomic E-state index is 12.5. The lowest BCUT2D eigenvalue weighted by atomic mass is 10.0. The van der Waals surface area contributed by atoms with Gasteiger partial charge in [0.05, 0.1) is 17.8 Å². The molecule has 3 aromatic rings. The maximum absolute atomic E-state index is 12.5. The number of methoxy groups -OCH3 is 1. The molecule has 0 saturated carbocycles. The number of H-pyrrole nitrogens is 1. The standard InChI is InChI=1S/C24H29N5O2/c1-31-16-18-5-7-22(26-14-18)29-11-9-28(10-12-29)15-17-4-6-19-21(13-17)27-24(30)20-3-2-8-25-23(19)20/h4-7,13-14,25H,2-3,8-12,15-16H2,1H3,(H,27,30). The maximum Gasteiger partial charge on any atom is 0.253 e. The summed E-state index contributed by atoms with van der Waals surface area (Å²) in [5.41, 5.74) is 5.21. The number of ether oxygens (including phenoxy) is 1. The molecule has 0 aliphatic carbocycles. The van der Waals surface area contributed by atoms with Gasteiger partial charge < -0.3 is 19.9 Å². The van der Waals surface area contributed by atoms with E-state index in [0.717, 1.165) is 85.6 Å². The number of nitrogens with zero attached hydrogens (tertiary/aromatic N) is 3. The molecule has 4 heterocycles. The van der Waals surface area contributed by atoms with Gasteiger partial charge in [-0.1, -0.05) is 18.2 Å². The van der Waals surface area contributed by atoms with E-state index in [1.807, 2.05) is 6.20 Å². The zero-order valence-corrected chi connectivity index (χ0v) is 18.0. The molecule has 0 bridgehead atoms. The van der Waals surface area contributed by atoms with Crippen LogP contribution in [-0.2, 0) is 24.3 Å². The molecule has 0 amide bonds. The van der Waals surface area contributed by atoms with Crippen molar-refractivity contribution < 1.29 is 4.74 Å². The number of hydrogen-bond donors (Lipinski definition) is 2. The van der Waals surface area contributed by atoms with Crippen molar-refractivity contribution in [2.75, 3.05) is 50.1 Å². The average molecular weight is 420 g/mol. The molecule has 2 N–H and O–H groups in total. The zero-order chi connectivity index (χ0) is 21.2. The molecule has 0 atom stereocenters. The van der Waals surface area contributed by atoms with Crippen molar-refractivity contribution in [1.29, 1.82) is 0 Å². The molecule has 7 heteroatoms. The van der Waals surface area contributed by atoms with Gasteiger partial charge in [-0.05, 0) is 36.1 Å². The van der Waals surface area contributed by atoms with Gasteiger partial charge in [0.15, 0.2) is 0 Å². The second-order valence-corrected chi connectivity index (χ2v) is 8.44. The number of hydrogen-bond acceptors (Lipinski definition) is 6. The molecule has 2 aliphatic heterocycles. The summed E-state index contributed by atoms with van der Waals surface area (Å²) in [5, 5.41) is 4.55. The molecular formula is C24H29N5O2. The molecular weight excluding hydrogens is 390 g/mol. The Bertz CT molecular complexity index is 1120.